The lowest BCUT2D eigenvalue weighted by atomic mass is 10.1. The lowest BCUT2D eigenvalue weighted by molar-refractivity contribution is -0.181. The fraction of sp³-hybridized carbons (Fsp3) is 0.333. The molecule has 0 aromatic carbocycles. The lowest BCUT2D eigenvalue weighted by Crippen LogP contribution is -2.50. The number of hydrogen-bond donors (Lipinski definition) is 1. The molecular weight excluding hydrogens is 216 g/mol. The van der Waals surface area contributed by atoms with Crippen LogP contribution in [0.25, 0.3) is 0 Å². The molecule has 16 heavy (non-hydrogen) atoms. The van der Waals surface area contributed by atoms with Crippen molar-refractivity contribution in [3.05, 3.63) is 28.7 Å². The van der Waals surface area contributed by atoms with E-state index >= 15 is 0 Å². The van der Waals surface area contributed by atoms with Gasteiger partial charge >= 0.3 is 5.97 Å². The highest BCUT2D eigenvalue weighted by Crippen LogP contribution is 2.18. The first-order valence-corrected chi connectivity index (χ1v) is 4.35. The third-order valence-corrected chi connectivity index (χ3v) is 2.09. The van der Waals surface area contributed by atoms with Gasteiger partial charge in [-0.3, -0.25) is 4.79 Å². The zero-order chi connectivity index (χ0) is 12.2. The van der Waals surface area contributed by atoms with E-state index in [-0.39, 0.29) is 0 Å². The van der Waals surface area contributed by atoms with Gasteiger partial charge in [-0.2, -0.15) is 9.78 Å². The third-order valence-electron chi connectivity index (χ3n) is 2.09. The summed E-state index contributed by atoms with van der Waals surface area (Å²) >= 11 is 0. The number of carboxylic acids is 1. The van der Waals surface area contributed by atoms with E-state index in [2.05, 4.69) is 5.10 Å². The second-order valence-corrected chi connectivity index (χ2v) is 2.94. The van der Waals surface area contributed by atoms with Gasteiger partial charge in [-0.1, -0.05) is 0 Å². The number of carbonyl (C=O) groups is 2. The summed E-state index contributed by atoms with van der Waals surface area (Å²) in [6.07, 6.45) is 1.09. The molecule has 0 bridgehead atoms. The molecule has 0 spiro atoms. The average molecular weight is 226 g/mol. The summed E-state index contributed by atoms with van der Waals surface area (Å²) in [6, 6.07) is 2.50. The van der Waals surface area contributed by atoms with Gasteiger partial charge in [0.15, 0.2) is 0 Å². The summed E-state index contributed by atoms with van der Waals surface area (Å²) in [7, 11) is 1.10. The monoisotopic (exact) mass is 226 g/mol. The van der Waals surface area contributed by atoms with Crippen molar-refractivity contribution in [2.45, 2.75) is 12.1 Å². The normalized spacial score (nSPS) is 14.1. The molecule has 0 amide bonds. The van der Waals surface area contributed by atoms with E-state index in [0.29, 0.717) is 11.0 Å². The number of nitrogens with zero attached hydrogens (tertiary/aromatic N) is 2. The van der Waals surface area contributed by atoms with Crippen LogP contribution in [0.5, 0.6) is 0 Å². The first-order valence-electron chi connectivity index (χ1n) is 4.35. The summed E-state index contributed by atoms with van der Waals surface area (Å²) in [6.45, 7) is 0. The van der Waals surface area contributed by atoms with Crippen LogP contribution in [0.4, 0.5) is 0 Å². The Morgan fingerprint density at radius 1 is 1.75 bits per heavy atom. The SMILES string of the molecule is COC(CC=O)(C(=O)O)n1ncccc1=O. The molecule has 0 fully saturated rings. The molecule has 1 aromatic rings. The van der Waals surface area contributed by atoms with Crippen LogP contribution >= 0.6 is 0 Å². The maximum absolute atomic E-state index is 11.4. The van der Waals surface area contributed by atoms with Crippen LogP contribution in [0.2, 0.25) is 0 Å². The Kier molecular flexibility index (Phi) is 3.51. The van der Waals surface area contributed by atoms with Crippen LogP contribution in [0, 0.1) is 0 Å². The van der Waals surface area contributed by atoms with E-state index in [1.165, 1.54) is 12.3 Å². The lowest BCUT2D eigenvalue weighted by Gasteiger charge is -2.26. The Bertz CT molecular complexity index is 455. The zero-order valence-electron chi connectivity index (χ0n) is 8.49. The minimum Gasteiger partial charge on any atom is -0.478 e. The van der Waals surface area contributed by atoms with Gasteiger partial charge in [-0.25, -0.2) is 4.79 Å². The molecule has 0 radical (unpaired) electrons. The number of methoxy groups -OCH3 is 1. The van der Waals surface area contributed by atoms with E-state index in [1.807, 2.05) is 0 Å². The number of aldehydes is 1. The molecule has 0 saturated heterocycles. The average Bonchev–Trinajstić information content (AvgIpc) is 2.26. The molecule has 1 unspecified atom stereocenters. The van der Waals surface area contributed by atoms with Crippen molar-refractivity contribution in [2.24, 2.45) is 0 Å². The van der Waals surface area contributed by atoms with Crippen LogP contribution < -0.4 is 5.56 Å². The number of aromatic nitrogens is 2. The fourth-order valence-electron chi connectivity index (χ4n) is 1.26. The van der Waals surface area contributed by atoms with E-state index < -0.39 is 23.7 Å². The standard InChI is InChI=1S/C9H10N2O5/c1-16-9(4-6-12,8(14)15)11-7(13)3-2-5-10-11/h2-3,5-6H,4H2,1H3,(H,14,15). The van der Waals surface area contributed by atoms with Crippen molar-refractivity contribution < 1.29 is 19.4 Å². The molecule has 1 aromatic heterocycles. The summed E-state index contributed by atoms with van der Waals surface area (Å²) in [4.78, 5) is 33.0. The van der Waals surface area contributed by atoms with Crippen molar-refractivity contribution in [1.29, 1.82) is 0 Å². The smallest absolute Gasteiger partial charge is 0.360 e. The molecule has 1 heterocycles. The molecular formula is C9H10N2O5. The highest BCUT2D eigenvalue weighted by atomic mass is 16.5. The van der Waals surface area contributed by atoms with Crippen LogP contribution in [-0.4, -0.2) is 34.3 Å². The van der Waals surface area contributed by atoms with Gasteiger partial charge in [0.05, 0.1) is 6.42 Å². The van der Waals surface area contributed by atoms with Crippen molar-refractivity contribution in [1.82, 2.24) is 9.78 Å². The summed E-state index contributed by atoms with van der Waals surface area (Å²) in [5.41, 5.74) is -2.74. The quantitative estimate of drug-likeness (QED) is 0.661. The highest BCUT2D eigenvalue weighted by Gasteiger charge is 2.42. The highest BCUT2D eigenvalue weighted by molar-refractivity contribution is 5.78. The van der Waals surface area contributed by atoms with Crippen LogP contribution in [0.15, 0.2) is 23.1 Å². The van der Waals surface area contributed by atoms with Gasteiger partial charge in [-0.05, 0) is 6.07 Å². The Hall–Kier alpha value is -2.02. The number of carbonyl (C=O) groups excluding carboxylic acids is 1. The first-order chi connectivity index (χ1) is 7.58. The van der Waals surface area contributed by atoms with Crippen LogP contribution in [0.1, 0.15) is 6.42 Å². The van der Waals surface area contributed by atoms with E-state index in [4.69, 9.17) is 9.84 Å². The molecule has 86 valence electrons. The molecule has 1 N–H and O–H groups in total. The van der Waals surface area contributed by atoms with Crippen molar-refractivity contribution >= 4 is 12.3 Å². The number of rotatable bonds is 5. The predicted octanol–water partition coefficient (Wildman–Crippen LogP) is -0.784. The Morgan fingerprint density at radius 3 is 2.88 bits per heavy atom. The third kappa shape index (κ3) is 1.84. The molecule has 7 heteroatoms. The molecule has 0 aliphatic rings. The van der Waals surface area contributed by atoms with E-state index in [1.54, 1.807) is 0 Å². The second kappa shape index (κ2) is 4.67. The van der Waals surface area contributed by atoms with Crippen molar-refractivity contribution in [2.75, 3.05) is 7.11 Å². The molecule has 0 saturated carbocycles. The molecule has 0 aliphatic heterocycles. The van der Waals surface area contributed by atoms with Crippen molar-refractivity contribution in [3.8, 4) is 0 Å². The van der Waals surface area contributed by atoms with Crippen LogP contribution in [0.3, 0.4) is 0 Å². The Morgan fingerprint density at radius 2 is 2.44 bits per heavy atom. The van der Waals surface area contributed by atoms with Gasteiger partial charge in [0.1, 0.15) is 6.29 Å². The number of aliphatic carboxylic acids is 1. The zero-order valence-corrected chi connectivity index (χ0v) is 8.49. The number of carboxylic acid groups (broad SMARTS) is 1. The minimum atomic E-state index is -2.08. The van der Waals surface area contributed by atoms with E-state index in [0.717, 1.165) is 13.2 Å². The molecule has 0 aliphatic carbocycles. The predicted molar refractivity (Wildman–Crippen MR) is 51.8 cm³/mol. The fourth-order valence-corrected chi connectivity index (χ4v) is 1.26. The summed E-state index contributed by atoms with van der Waals surface area (Å²) in [5, 5.41) is 12.7. The van der Waals surface area contributed by atoms with E-state index in [9.17, 15) is 14.4 Å². The first kappa shape index (κ1) is 12.1. The van der Waals surface area contributed by atoms with Crippen LogP contribution in [-0.2, 0) is 20.1 Å². The van der Waals surface area contributed by atoms with Gasteiger partial charge in [0.25, 0.3) is 11.3 Å². The summed E-state index contributed by atoms with van der Waals surface area (Å²) in [5.74, 6) is -1.46. The second-order valence-electron chi connectivity index (χ2n) is 2.94. The van der Waals surface area contributed by atoms with Crippen molar-refractivity contribution in [3.63, 3.8) is 0 Å². The minimum absolute atomic E-state index is 0.360. The maximum Gasteiger partial charge on any atom is 0.360 e. The largest absolute Gasteiger partial charge is 0.478 e. The topological polar surface area (TPSA) is 98.5 Å². The van der Waals surface area contributed by atoms with Gasteiger partial charge in [0, 0.05) is 19.4 Å². The van der Waals surface area contributed by atoms with Gasteiger partial charge in [-0.15, -0.1) is 0 Å². The van der Waals surface area contributed by atoms with Gasteiger partial charge in [0.2, 0.25) is 0 Å². The number of hydrogen-bond acceptors (Lipinski definition) is 5. The maximum atomic E-state index is 11.4. The molecule has 7 nitrogen and oxygen atoms in total. The Balaban J connectivity index is 3.41. The number of ether oxygens (including phenoxy) is 1. The van der Waals surface area contributed by atoms with Gasteiger partial charge < -0.3 is 14.6 Å². The summed E-state index contributed by atoms with van der Waals surface area (Å²) < 4.78 is 5.41. The Labute approximate surface area is 90.3 Å². The molecule has 1 rings (SSSR count). The molecule has 1 atom stereocenters.